The van der Waals surface area contributed by atoms with Crippen LogP contribution in [0.25, 0.3) is 0 Å². The van der Waals surface area contributed by atoms with E-state index in [4.69, 9.17) is 4.74 Å². The number of carbonyl (C=O) groups is 2. The first-order chi connectivity index (χ1) is 12.4. The normalized spacial score (nSPS) is 32.9. The molecule has 1 aromatic rings. The number of hydrogen-bond donors (Lipinski definition) is 1. The molecule has 0 aromatic carbocycles. The van der Waals surface area contributed by atoms with Gasteiger partial charge in [-0.25, -0.2) is 4.79 Å². The number of hydrogen-bond acceptors (Lipinski definition) is 4. The summed E-state index contributed by atoms with van der Waals surface area (Å²) < 4.78 is 5.16. The average molecular weight is 356 g/mol. The van der Waals surface area contributed by atoms with E-state index in [1.54, 1.807) is 12.1 Å². The number of aryl methyl sites for hydroxylation is 1. The fraction of sp³-hybridized carbons (Fsp3) is 0.667. The molecule has 5 rings (SSSR count). The number of aromatic nitrogens is 1. The van der Waals surface area contributed by atoms with Crippen LogP contribution in [0, 0.1) is 30.1 Å². The number of amides is 1. The molecule has 1 heterocycles. The van der Waals surface area contributed by atoms with Crippen LogP contribution in [0.15, 0.2) is 18.3 Å². The van der Waals surface area contributed by atoms with E-state index < -0.39 is 5.97 Å². The average Bonchev–Trinajstić information content (AvgIpc) is 2.59. The molecule has 4 aliphatic carbocycles. The quantitative estimate of drug-likeness (QED) is 0.822. The summed E-state index contributed by atoms with van der Waals surface area (Å²) in [6.45, 7) is 3.76. The predicted octanol–water partition coefficient (Wildman–Crippen LogP) is 3.27. The highest BCUT2D eigenvalue weighted by atomic mass is 16.5. The van der Waals surface area contributed by atoms with E-state index in [0.29, 0.717) is 5.56 Å². The van der Waals surface area contributed by atoms with Gasteiger partial charge in [-0.1, -0.05) is 0 Å². The first-order valence-electron chi connectivity index (χ1n) is 9.83. The summed E-state index contributed by atoms with van der Waals surface area (Å²) >= 11 is 0. The zero-order valence-corrected chi connectivity index (χ0v) is 15.7. The first kappa shape index (κ1) is 17.5. The Morgan fingerprint density at radius 1 is 1.19 bits per heavy atom. The molecule has 1 N–H and O–H groups in total. The van der Waals surface area contributed by atoms with Crippen LogP contribution in [0.3, 0.4) is 0 Å². The maximum absolute atomic E-state index is 12.3. The largest absolute Gasteiger partial charge is 0.452 e. The number of carbonyl (C=O) groups excluding carboxylic acids is 2. The molecule has 1 aromatic heterocycles. The minimum absolute atomic E-state index is 0.142. The van der Waals surface area contributed by atoms with Crippen LogP contribution in [0.5, 0.6) is 0 Å². The molecule has 0 spiro atoms. The molecule has 26 heavy (non-hydrogen) atoms. The maximum atomic E-state index is 12.3. The fourth-order valence-electron chi connectivity index (χ4n) is 5.95. The van der Waals surface area contributed by atoms with Gasteiger partial charge in [-0.3, -0.25) is 9.78 Å². The van der Waals surface area contributed by atoms with Crippen LogP contribution in [0.2, 0.25) is 0 Å². The molecule has 0 saturated heterocycles. The molecule has 0 aliphatic heterocycles. The molecule has 4 saturated carbocycles. The zero-order chi connectivity index (χ0) is 18.3. The Morgan fingerprint density at radius 3 is 2.35 bits per heavy atom. The van der Waals surface area contributed by atoms with Gasteiger partial charge in [0.1, 0.15) is 0 Å². The Kier molecular flexibility index (Phi) is 4.49. The maximum Gasteiger partial charge on any atom is 0.340 e. The third-order valence-corrected chi connectivity index (χ3v) is 6.86. The fourth-order valence-corrected chi connectivity index (χ4v) is 5.95. The van der Waals surface area contributed by atoms with Crippen molar-refractivity contribution in [3.63, 3.8) is 0 Å². The standard InChI is InChI=1S/C21H28N2O3/c1-13-3-4-18(11-22-13)20(25)26-12-19(24)23-14(2)21-8-15-5-16(9-21)7-17(6-15)10-21/h3-4,11,14-17H,5-10,12H2,1-2H3,(H,23,24). The Labute approximate surface area is 154 Å². The van der Waals surface area contributed by atoms with Crippen molar-refractivity contribution in [3.8, 4) is 0 Å². The molecule has 1 atom stereocenters. The molecular weight excluding hydrogens is 328 g/mol. The van der Waals surface area contributed by atoms with Gasteiger partial charge in [0, 0.05) is 17.9 Å². The number of pyridine rings is 1. The van der Waals surface area contributed by atoms with Crippen molar-refractivity contribution >= 4 is 11.9 Å². The lowest BCUT2D eigenvalue weighted by Gasteiger charge is -2.59. The second kappa shape index (κ2) is 6.67. The second-order valence-corrected chi connectivity index (χ2v) is 8.83. The van der Waals surface area contributed by atoms with Gasteiger partial charge in [0.05, 0.1) is 5.56 Å². The van der Waals surface area contributed by atoms with Crippen molar-refractivity contribution in [3.05, 3.63) is 29.6 Å². The summed E-state index contributed by atoms with van der Waals surface area (Å²) in [6, 6.07) is 3.56. The van der Waals surface area contributed by atoms with Gasteiger partial charge in [0.2, 0.25) is 0 Å². The van der Waals surface area contributed by atoms with Gasteiger partial charge in [-0.05, 0) is 87.7 Å². The molecule has 4 fully saturated rings. The van der Waals surface area contributed by atoms with E-state index >= 15 is 0 Å². The van der Waals surface area contributed by atoms with Crippen molar-refractivity contribution in [2.24, 2.45) is 23.2 Å². The van der Waals surface area contributed by atoms with E-state index in [-0.39, 0.29) is 24.0 Å². The van der Waals surface area contributed by atoms with Crippen LogP contribution in [0.4, 0.5) is 0 Å². The van der Waals surface area contributed by atoms with Crippen molar-refractivity contribution in [1.82, 2.24) is 10.3 Å². The molecule has 1 amide bonds. The van der Waals surface area contributed by atoms with Crippen LogP contribution in [-0.2, 0) is 9.53 Å². The predicted molar refractivity (Wildman–Crippen MR) is 97.5 cm³/mol. The molecule has 5 heteroatoms. The third-order valence-electron chi connectivity index (χ3n) is 6.86. The van der Waals surface area contributed by atoms with Crippen molar-refractivity contribution < 1.29 is 14.3 Å². The second-order valence-electron chi connectivity index (χ2n) is 8.83. The SMILES string of the molecule is Cc1ccc(C(=O)OCC(=O)NC(C)C23CC4CC(CC(C4)C2)C3)cn1. The monoisotopic (exact) mass is 356 g/mol. The van der Waals surface area contributed by atoms with E-state index in [1.165, 1.54) is 44.7 Å². The van der Waals surface area contributed by atoms with Gasteiger partial charge < -0.3 is 10.1 Å². The van der Waals surface area contributed by atoms with Gasteiger partial charge in [0.15, 0.2) is 6.61 Å². The third kappa shape index (κ3) is 3.36. The Morgan fingerprint density at radius 2 is 1.81 bits per heavy atom. The molecule has 140 valence electrons. The van der Waals surface area contributed by atoms with E-state index in [9.17, 15) is 9.59 Å². The van der Waals surface area contributed by atoms with E-state index in [1.807, 2.05) is 6.92 Å². The van der Waals surface area contributed by atoms with Gasteiger partial charge >= 0.3 is 5.97 Å². The molecule has 1 unspecified atom stereocenters. The highest BCUT2D eigenvalue weighted by Crippen LogP contribution is 2.61. The molecule has 4 bridgehead atoms. The lowest BCUT2D eigenvalue weighted by Crippen LogP contribution is -2.56. The van der Waals surface area contributed by atoms with Crippen LogP contribution in [0.1, 0.15) is 61.5 Å². The lowest BCUT2D eigenvalue weighted by molar-refractivity contribution is -0.128. The number of nitrogens with zero attached hydrogens (tertiary/aromatic N) is 1. The number of rotatable bonds is 5. The summed E-state index contributed by atoms with van der Waals surface area (Å²) in [5.74, 6) is 1.85. The lowest BCUT2D eigenvalue weighted by atomic mass is 9.48. The van der Waals surface area contributed by atoms with Gasteiger partial charge in [0.25, 0.3) is 5.91 Å². The van der Waals surface area contributed by atoms with Gasteiger partial charge in [-0.15, -0.1) is 0 Å². The Balaban J connectivity index is 1.31. The first-order valence-corrected chi connectivity index (χ1v) is 9.83. The van der Waals surface area contributed by atoms with Crippen LogP contribution >= 0.6 is 0 Å². The summed E-state index contributed by atoms with van der Waals surface area (Å²) in [5, 5.41) is 3.12. The highest BCUT2D eigenvalue weighted by molar-refractivity contribution is 5.91. The molecule has 4 aliphatic rings. The van der Waals surface area contributed by atoms with Gasteiger partial charge in [-0.2, -0.15) is 0 Å². The number of esters is 1. The summed E-state index contributed by atoms with van der Waals surface area (Å²) in [6.07, 6.45) is 9.39. The number of ether oxygens (including phenoxy) is 1. The van der Waals surface area contributed by atoms with E-state index in [0.717, 1.165) is 23.4 Å². The van der Waals surface area contributed by atoms with Crippen molar-refractivity contribution in [1.29, 1.82) is 0 Å². The summed E-state index contributed by atoms with van der Waals surface area (Å²) in [7, 11) is 0. The summed E-state index contributed by atoms with van der Waals surface area (Å²) in [5.41, 5.74) is 1.47. The Hall–Kier alpha value is -1.91. The molecule has 0 radical (unpaired) electrons. The summed E-state index contributed by atoms with van der Waals surface area (Å²) in [4.78, 5) is 28.4. The van der Waals surface area contributed by atoms with Crippen molar-refractivity contribution in [2.45, 2.75) is 58.4 Å². The highest BCUT2D eigenvalue weighted by Gasteiger charge is 2.53. The number of nitrogens with one attached hydrogen (secondary N) is 1. The topological polar surface area (TPSA) is 68.3 Å². The molecule has 5 nitrogen and oxygen atoms in total. The van der Waals surface area contributed by atoms with Crippen LogP contribution < -0.4 is 5.32 Å². The smallest absolute Gasteiger partial charge is 0.340 e. The van der Waals surface area contributed by atoms with Crippen LogP contribution in [-0.4, -0.2) is 29.5 Å². The minimum Gasteiger partial charge on any atom is -0.452 e. The minimum atomic E-state index is -0.505. The zero-order valence-electron chi connectivity index (χ0n) is 15.7. The van der Waals surface area contributed by atoms with E-state index in [2.05, 4.69) is 17.2 Å². The Bertz CT molecular complexity index is 662. The van der Waals surface area contributed by atoms with Crippen molar-refractivity contribution in [2.75, 3.05) is 6.61 Å². The molecular formula is C21H28N2O3.